The lowest BCUT2D eigenvalue weighted by molar-refractivity contribution is 1.14. The normalized spacial score (nSPS) is 11.6. The molecule has 4 heteroatoms. The number of nitrogens with zero attached hydrogens (tertiary/aromatic N) is 3. The van der Waals surface area contributed by atoms with Crippen LogP contribution in [0.3, 0.4) is 0 Å². The Balaban J connectivity index is 1.14. The Morgan fingerprint density at radius 2 is 1.02 bits per heavy atom. The van der Waals surface area contributed by atoms with Crippen molar-refractivity contribution >= 4 is 50.6 Å². The van der Waals surface area contributed by atoms with E-state index in [0.29, 0.717) is 0 Å². The van der Waals surface area contributed by atoms with Gasteiger partial charge >= 0.3 is 0 Å². The second-order valence-electron chi connectivity index (χ2n) is 12.7. The van der Waals surface area contributed by atoms with Gasteiger partial charge in [0.05, 0.1) is 28.6 Å². The van der Waals surface area contributed by atoms with Crippen LogP contribution in [0.25, 0.3) is 49.9 Å². The quantitative estimate of drug-likeness (QED) is 0.128. The van der Waals surface area contributed by atoms with E-state index in [1.165, 1.54) is 48.1 Å². The smallest absolute Gasteiger partial charge is 0.181 e. The van der Waals surface area contributed by atoms with Gasteiger partial charge in [-0.15, -0.1) is 0 Å². The van der Waals surface area contributed by atoms with Crippen molar-refractivity contribution in [3.05, 3.63) is 201 Å². The highest BCUT2D eigenvalue weighted by Gasteiger charge is 2.41. The molecule has 0 saturated heterocycles. The van der Waals surface area contributed by atoms with Gasteiger partial charge in [-0.2, -0.15) is 0 Å². The monoisotopic (exact) mass is 655 g/mol. The zero-order valence-corrected chi connectivity index (χ0v) is 28.4. The summed E-state index contributed by atoms with van der Waals surface area (Å²) in [6, 6.07) is 65.7. The predicted octanol–water partition coefficient (Wildman–Crippen LogP) is 8.29. The molecule has 0 atom stereocenters. The SMILES string of the molecule is c1ccc([Si](c2ccccc2)(c2ccccc2)c2ccc(-c3cccc(-c4ccc5c(c4)c4ccccc4n5-c4cccnc4)c3)nc2)cc1. The van der Waals surface area contributed by atoms with Crippen LogP contribution in [0.1, 0.15) is 0 Å². The molecule has 0 N–H and O–H groups in total. The molecule has 6 aromatic carbocycles. The Kier molecular flexibility index (Phi) is 7.49. The Hall–Kier alpha value is -6.36. The van der Waals surface area contributed by atoms with Gasteiger partial charge in [-0.1, -0.05) is 140 Å². The van der Waals surface area contributed by atoms with Crippen LogP contribution in [-0.2, 0) is 0 Å². The molecule has 0 fully saturated rings. The summed E-state index contributed by atoms with van der Waals surface area (Å²) in [4.78, 5) is 9.58. The van der Waals surface area contributed by atoms with Crippen LogP contribution in [0, 0.1) is 0 Å². The maximum absolute atomic E-state index is 5.18. The molecule has 0 saturated carbocycles. The lowest BCUT2D eigenvalue weighted by Gasteiger charge is -2.34. The third-order valence-electron chi connectivity index (χ3n) is 9.89. The highest BCUT2D eigenvalue weighted by Crippen LogP contribution is 2.35. The van der Waals surface area contributed by atoms with Crippen molar-refractivity contribution in [3.63, 3.8) is 0 Å². The van der Waals surface area contributed by atoms with E-state index in [-0.39, 0.29) is 0 Å². The van der Waals surface area contributed by atoms with E-state index in [2.05, 4.69) is 192 Å². The van der Waals surface area contributed by atoms with E-state index >= 15 is 0 Å². The number of para-hydroxylation sites is 1. The third kappa shape index (κ3) is 4.97. The lowest BCUT2D eigenvalue weighted by Crippen LogP contribution is -2.74. The standard InChI is InChI=1S/C46H33N3Si/c1-4-17-38(18-5-1)50(39-19-6-2-7-20-39,40-21-8-3-9-22-40)41-26-27-44(48-33-41)36-15-12-14-34(30-36)35-25-28-46-43(31-35)42-23-10-11-24-45(42)49(46)37-16-13-29-47-32-37/h1-33H. The van der Waals surface area contributed by atoms with Crippen molar-refractivity contribution in [2.75, 3.05) is 0 Å². The minimum atomic E-state index is -2.63. The van der Waals surface area contributed by atoms with Crippen LogP contribution in [-0.4, -0.2) is 22.6 Å². The van der Waals surface area contributed by atoms with Crippen LogP contribution in [0.2, 0.25) is 0 Å². The minimum absolute atomic E-state index is 0.960. The molecule has 0 amide bonds. The second kappa shape index (κ2) is 12.6. The topological polar surface area (TPSA) is 30.7 Å². The summed E-state index contributed by atoms with van der Waals surface area (Å²) in [5.41, 5.74) is 7.79. The molecule has 0 aliphatic rings. The van der Waals surface area contributed by atoms with Crippen molar-refractivity contribution in [2.24, 2.45) is 0 Å². The van der Waals surface area contributed by atoms with Crippen molar-refractivity contribution in [1.82, 2.24) is 14.5 Å². The molecule has 236 valence electrons. The number of benzene rings is 6. The Morgan fingerprint density at radius 3 is 1.66 bits per heavy atom. The van der Waals surface area contributed by atoms with Gasteiger partial charge in [-0.3, -0.25) is 9.97 Å². The maximum atomic E-state index is 5.18. The largest absolute Gasteiger partial charge is 0.308 e. The van der Waals surface area contributed by atoms with Crippen LogP contribution < -0.4 is 20.7 Å². The summed E-state index contributed by atoms with van der Waals surface area (Å²) < 4.78 is 2.30. The van der Waals surface area contributed by atoms with Crippen LogP contribution in [0.15, 0.2) is 201 Å². The molecule has 0 aliphatic heterocycles. The summed E-state index contributed by atoms with van der Waals surface area (Å²) in [5, 5.41) is 7.73. The summed E-state index contributed by atoms with van der Waals surface area (Å²) in [6.45, 7) is 0. The molecule has 0 bridgehead atoms. The molecule has 3 heterocycles. The fourth-order valence-corrected chi connectivity index (χ4v) is 12.3. The maximum Gasteiger partial charge on any atom is 0.181 e. The zero-order chi connectivity index (χ0) is 33.3. The average Bonchev–Trinajstić information content (AvgIpc) is 3.54. The van der Waals surface area contributed by atoms with Gasteiger partial charge < -0.3 is 4.57 Å². The van der Waals surface area contributed by atoms with Gasteiger partial charge in [0.15, 0.2) is 8.07 Å². The van der Waals surface area contributed by atoms with Gasteiger partial charge in [0.25, 0.3) is 0 Å². The highest BCUT2D eigenvalue weighted by molar-refractivity contribution is 7.19. The van der Waals surface area contributed by atoms with Crippen molar-refractivity contribution in [1.29, 1.82) is 0 Å². The first-order valence-corrected chi connectivity index (χ1v) is 19.0. The summed E-state index contributed by atoms with van der Waals surface area (Å²) >= 11 is 0. The number of fused-ring (bicyclic) bond motifs is 3. The van der Waals surface area contributed by atoms with E-state index in [9.17, 15) is 0 Å². The van der Waals surface area contributed by atoms with Gasteiger partial charge in [0.2, 0.25) is 0 Å². The van der Waals surface area contributed by atoms with E-state index < -0.39 is 8.07 Å². The Morgan fingerprint density at radius 1 is 0.400 bits per heavy atom. The number of hydrogen-bond acceptors (Lipinski definition) is 2. The molecule has 3 nitrogen and oxygen atoms in total. The average molecular weight is 656 g/mol. The van der Waals surface area contributed by atoms with E-state index in [1.54, 1.807) is 0 Å². The first-order chi connectivity index (χ1) is 24.8. The van der Waals surface area contributed by atoms with Crippen LogP contribution >= 0.6 is 0 Å². The first-order valence-electron chi connectivity index (χ1n) is 17.0. The number of hydrogen-bond donors (Lipinski definition) is 0. The second-order valence-corrected chi connectivity index (χ2v) is 16.5. The molecule has 9 aromatic rings. The van der Waals surface area contributed by atoms with Gasteiger partial charge in [-0.25, -0.2) is 0 Å². The fourth-order valence-electron chi connectivity index (χ4n) is 7.63. The van der Waals surface area contributed by atoms with Crippen LogP contribution in [0.5, 0.6) is 0 Å². The van der Waals surface area contributed by atoms with Crippen molar-refractivity contribution in [2.45, 2.75) is 0 Å². The highest BCUT2D eigenvalue weighted by atomic mass is 28.3. The molecule has 9 rings (SSSR count). The van der Waals surface area contributed by atoms with Gasteiger partial charge in [0.1, 0.15) is 0 Å². The minimum Gasteiger partial charge on any atom is -0.308 e. The molecular formula is C46H33N3Si. The molecule has 0 spiro atoms. The van der Waals surface area contributed by atoms with E-state index in [1.807, 2.05) is 18.5 Å². The molecule has 50 heavy (non-hydrogen) atoms. The zero-order valence-electron chi connectivity index (χ0n) is 27.4. The summed E-state index contributed by atoms with van der Waals surface area (Å²) in [5.74, 6) is 0. The van der Waals surface area contributed by atoms with Gasteiger partial charge in [-0.05, 0) is 74.3 Å². The number of pyridine rings is 2. The molecule has 0 radical (unpaired) electrons. The summed E-state index contributed by atoms with van der Waals surface area (Å²) in [7, 11) is -2.63. The fraction of sp³-hybridized carbons (Fsp3) is 0. The molecule has 0 unspecified atom stereocenters. The van der Waals surface area contributed by atoms with Crippen molar-refractivity contribution < 1.29 is 0 Å². The molecule has 3 aromatic heterocycles. The predicted molar refractivity (Wildman–Crippen MR) is 211 cm³/mol. The van der Waals surface area contributed by atoms with E-state index in [0.717, 1.165) is 22.5 Å². The number of rotatable bonds is 7. The van der Waals surface area contributed by atoms with Crippen molar-refractivity contribution in [3.8, 4) is 28.1 Å². The number of aromatic nitrogens is 3. The molecular weight excluding hydrogens is 623 g/mol. The summed E-state index contributed by atoms with van der Waals surface area (Å²) in [6.07, 6.45) is 5.87. The van der Waals surface area contributed by atoms with Crippen LogP contribution in [0.4, 0.5) is 0 Å². The lowest BCUT2D eigenvalue weighted by atomic mass is 9.99. The molecule has 0 aliphatic carbocycles. The Bertz CT molecular complexity index is 2470. The third-order valence-corrected chi connectivity index (χ3v) is 14.6. The van der Waals surface area contributed by atoms with Gasteiger partial charge in [0, 0.05) is 28.7 Å². The Labute approximate surface area is 292 Å². The van der Waals surface area contributed by atoms with E-state index in [4.69, 9.17) is 4.98 Å². The first kappa shape index (κ1) is 29.8.